The van der Waals surface area contributed by atoms with E-state index in [9.17, 15) is 9.18 Å². The Morgan fingerprint density at radius 2 is 2.10 bits per heavy atom. The van der Waals surface area contributed by atoms with Crippen molar-refractivity contribution >= 4 is 29.9 Å². The summed E-state index contributed by atoms with van der Waals surface area (Å²) in [6.45, 7) is 2.60. The van der Waals surface area contributed by atoms with Crippen molar-refractivity contribution < 1.29 is 13.9 Å². The average Bonchev–Trinajstić information content (AvgIpc) is 2.39. The van der Waals surface area contributed by atoms with Gasteiger partial charge in [-0.05, 0) is 31.9 Å². The second-order valence-electron chi connectivity index (χ2n) is 5.10. The molecule has 1 aromatic rings. The van der Waals surface area contributed by atoms with Crippen LogP contribution in [0.2, 0.25) is 5.02 Å². The number of amides is 1. The molecule has 0 spiro atoms. The molecule has 1 atom stereocenters. The predicted octanol–water partition coefficient (Wildman–Crippen LogP) is 2.59. The van der Waals surface area contributed by atoms with Gasteiger partial charge >= 0.3 is 0 Å². The first kappa shape index (κ1) is 18.2. The predicted molar refractivity (Wildman–Crippen MR) is 82.2 cm³/mol. The first-order valence-corrected chi connectivity index (χ1v) is 6.93. The van der Waals surface area contributed by atoms with Gasteiger partial charge in [0.2, 0.25) is 5.91 Å². The van der Waals surface area contributed by atoms with Gasteiger partial charge in [-0.1, -0.05) is 17.7 Å². The van der Waals surface area contributed by atoms with E-state index < -0.39 is 17.4 Å². The van der Waals surface area contributed by atoms with Crippen molar-refractivity contribution in [2.45, 2.75) is 31.3 Å². The molecule has 118 valence electrons. The molecule has 0 aromatic heterocycles. The smallest absolute Gasteiger partial charge is 0.240 e. The number of hydrogen-bond acceptors (Lipinski definition) is 3. The van der Waals surface area contributed by atoms with Crippen LogP contribution in [0.25, 0.3) is 0 Å². The van der Waals surface area contributed by atoms with E-state index in [2.05, 4.69) is 5.32 Å². The number of nitrogens with two attached hydrogens (primary N) is 1. The SMILES string of the molecule is CC(NC(=O)C1(N)CCOCC1)c1c(F)cccc1Cl.Cl. The quantitative estimate of drug-likeness (QED) is 0.891. The average molecular weight is 337 g/mol. The second kappa shape index (κ2) is 7.40. The summed E-state index contributed by atoms with van der Waals surface area (Å²) in [6, 6.07) is 3.89. The highest BCUT2D eigenvalue weighted by molar-refractivity contribution is 6.31. The van der Waals surface area contributed by atoms with Gasteiger partial charge in [0.1, 0.15) is 5.82 Å². The minimum absolute atomic E-state index is 0. The van der Waals surface area contributed by atoms with Crippen LogP contribution in [-0.2, 0) is 9.53 Å². The molecule has 1 aliphatic rings. The number of nitrogens with one attached hydrogen (secondary N) is 1. The summed E-state index contributed by atoms with van der Waals surface area (Å²) in [5.41, 5.74) is 5.41. The fourth-order valence-electron chi connectivity index (χ4n) is 2.30. The van der Waals surface area contributed by atoms with Gasteiger partial charge in [0.05, 0.1) is 11.6 Å². The number of benzene rings is 1. The third-order valence-electron chi connectivity index (χ3n) is 3.62. The third kappa shape index (κ3) is 4.07. The van der Waals surface area contributed by atoms with Crippen LogP contribution < -0.4 is 11.1 Å². The van der Waals surface area contributed by atoms with Crippen LogP contribution in [0.3, 0.4) is 0 Å². The zero-order valence-electron chi connectivity index (χ0n) is 11.7. The Hall–Kier alpha value is -0.880. The van der Waals surface area contributed by atoms with Crippen LogP contribution in [0, 0.1) is 5.82 Å². The Kier molecular flexibility index (Phi) is 6.41. The maximum Gasteiger partial charge on any atom is 0.240 e. The van der Waals surface area contributed by atoms with E-state index in [0.717, 1.165) is 0 Å². The molecule has 1 fully saturated rings. The molecular weight excluding hydrogens is 318 g/mol. The number of carbonyl (C=O) groups is 1. The number of ether oxygens (including phenoxy) is 1. The highest BCUT2D eigenvalue weighted by atomic mass is 35.5. The topological polar surface area (TPSA) is 64.4 Å². The van der Waals surface area contributed by atoms with Crippen LogP contribution in [0.1, 0.15) is 31.4 Å². The summed E-state index contributed by atoms with van der Waals surface area (Å²) in [5.74, 6) is -0.740. The van der Waals surface area contributed by atoms with Gasteiger partial charge in [-0.15, -0.1) is 12.4 Å². The molecule has 0 radical (unpaired) electrons. The lowest BCUT2D eigenvalue weighted by atomic mass is 9.90. The number of halogens is 3. The molecular formula is C14H19Cl2FN2O2. The van der Waals surface area contributed by atoms with E-state index in [-0.39, 0.29) is 28.9 Å². The molecule has 0 bridgehead atoms. The fraction of sp³-hybridized carbons (Fsp3) is 0.500. The van der Waals surface area contributed by atoms with Crippen LogP contribution in [0.5, 0.6) is 0 Å². The van der Waals surface area contributed by atoms with Gasteiger partial charge in [-0.25, -0.2) is 4.39 Å². The van der Waals surface area contributed by atoms with Crippen LogP contribution >= 0.6 is 24.0 Å². The molecule has 1 aromatic carbocycles. The number of hydrogen-bond donors (Lipinski definition) is 2. The summed E-state index contributed by atoms with van der Waals surface area (Å²) in [4.78, 5) is 12.3. The van der Waals surface area contributed by atoms with Crippen molar-refractivity contribution in [1.82, 2.24) is 5.32 Å². The highest BCUT2D eigenvalue weighted by Crippen LogP contribution is 2.27. The van der Waals surface area contributed by atoms with Crippen molar-refractivity contribution in [2.24, 2.45) is 5.73 Å². The standard InChI is InChI=1S/C14H18ClFN2O2.ClH/c1-9(12-10(15)3-2-4-11(12)16)18-13(19)14(17)5-7-20-8-6-14;/h2-4,9H,5-8,17H2,1H3,(H,18,19);1H. The van der Waals surface area contributed by atoms with Crippen molar-refractivity contribution in [1.29, 1.82) is 0 Å². The fourth-order valence-corrected chi connectivity index (χ4v) is 2.63. The summed E-state index contributed by atoms with van der Waals surface area (Å²) in [5, 5.41) is 3.03. The van der Waals surface area contributed by atoms with Gasteiger partial charge in [0, 0.05) is 23.8 Å². The Morgan fingerprint density at radius 1 is 1.48 bits per heavy atom. The van der Waals surface area contributed by atoms with Crippen LogP contribution in [0.4, 0.5) is 4.39 Å². The normalized spacial score (nSPS) is 18.5. The van der Waals surface area contributed by atoms with Crippen LogP contribution in [0.15, 0.2) is 18.2 Å². The van der Waals surface area contributed by atoms with Gasteiger partial charge in [-0.3, -0.25) is 4.79 Å². The van der Waals surface area contributed by atoms with E-state index in [1.807, 2.05) is 0 Å². The van der Waals surface area contributed by atoms with Gasteiger partial charge in [0.25, 0.3) is 0 Å². The molecule has 1 amide bonds. The number of rotatable bonds is 3. The van der Waals surface area contributed by atoms with Crippen LogP contribution in [-0.4, -0.2) is 24.7 Å². The van der Waals surface area contributed by atoms with Crippen molar-refractivity contribution in [3.63, 3.8) is 0 Å². The van der Waals surface area contributed by atoms with E-state index in [4.69, 9.17) is 22.1 Å². The van der Waals surface area contributed by atoms with E-state index in [1.54, 1.807) is 13.0 Å². The molecule has 4 nitrogen and oxygen atoms in total. The monoisotopic (exact) mass is 336 g/mol. The highest BCUT2D eigenvalue weighted by Gasteiger charge is 2.36. The molecule has 3 N–H and O–H groups in total. The second-order valence-corrected chi connectivity index (χ2v) is 5.51. The van der Waals surface area contributed by atoms with E-state index in [1.165, 1.54) is 12.1 Å². The van der Waals surface area contributed by atoms with Gasteiger partial charge in [0.15, 0.2) is 0 Å². The molecule has 21 heavy (non-hydrogen) atoms. The molecule has 1 unspecified atom stereocenters. The minimum Gasteiger partial charge on any atom is -0.381 e. The number of carbonyl (C=O) groups excluding carboxylic acids is 1. The minimum atomic E-state index is -0.954. The first-order valence-electron chi connectivity index (χ1n) is 6.55. The Balaban J connectivity index is 0.00000220. The molecule has 2 rings (SSSR count). The van der Waals surface area contributed by atoms with Gasteiger partial charge < -0.3 is 15.8 Å². The molecule has 1 aliphatic heterocycles. The largest absolute Gasteiger partial charge is 0.381 e. The molecule has 7 heteroatoms. The molecule has 0 saturated carbocycles. The van der Waals surface area contributed by atoms with Crippen molar-refractivity contribution in [2.75, 3.05) is 13.2 Å². The maximum absolute atomic E-state index is 13.8. The summed E-state index contributed by atoms with van der Waals surface area (Å²) >= 11 is 5.99. The molecule has 1 heterocycles. The first-order chi connectivity index (χ1) is 9.44. The molecule has 1 saturated heterocycles. The summed E-state index contributed by atoms with van der Waals surface area (Å²) in [6.07, 6.45) is 0.910. The third-order valence-corrected chi connectivity index (χ3v) is 3.95. The van der Waals surface area contributed by atoms with Crippen molar-refractivity contribution in [3.05, 3.63) is 34.6 Å². The summed E-state index contributed by atoms with van der Waals surface area (Å²) in [7, 11) is 0. The lowest BCUT2D eigenvalue weighted by molar-refractivity contribution is -0.130. The zero-order chi connectivity index (χ0) is 14.8. The van der Waals surface area contributed by atoms with E-state index >= 15 is 0 Å². The van der Waals surface area contributed by atoms with E-state index in [0.29, 0.717) is 26.1 Å². The molecule has 0 aliphatic carbocycles. The maximum atomic E-state index is 13.8. The lowest BCUT2D eigenvalue weighted by Crippen LogP contribution is -2.57. The van der Waals surface area contributed by atoms with Gasteiger partial charge in [-0.2, -0.15) is 0 Å². The zero-order valence-corrected chi connectivity index (χ0v) is 13.3. The van der Waals surface area contributed by atoms with Crippen molar-refractivity contribution in [3.8, 4) is 0 Å². The Labute approximate surface area is 134 Å². The Morgan fingerprint density at radius 3 is 2.67 bits per heavy atom. The lowest BCUT2D eigenvalue weighted by Gasteiger charge is -2.33. The Bertz CT molecular complexity index is 487. The summed E-state index contributed by atoms with van der Waals surface area (Å²) < 4.78 is 19.0.